The van der Waals surface area contributed by atoms with E-state index in [0.717, 1.165) is 0 Å². The molecule has 168 valence electrons. The van der Waals surface area contributed by atoms with Crippen LogP contribution in [0.25, 0.3) is 10.8 Å². The molecule has 0 spiro atoms. The highest BCUT2D eigenvalue weighted by Gasteiger charge is 2.10. The second kappa shape index (κ2) is 17.6. The van der Waals surface area contributed by atoms with Crippen molar-refractivity contribution in [2.75, 3.05) is 14.1 Å². The molecule has 3 heteroatoms. The van der Waals surface area contributed by atoms with Crippen molar-refractivity contribution in [2.24, 2.45) is 11.7 Å². The molecule has 0 atom stereocenters. The van der Waals surface area contributed by atoms with E-state index in [0.29, 0.717) is 11.8 Å². The van der Waals surface area contributed by atoms with E-state index in [-0.39, 0.29) is 0 Å². The summed E-state index contributed by atoms with van der Waals surface area (Å²) < 4.78 is 2.16. The molecule has 0 radical (unpaired) electrons. The summed E-state index contributed by atoms with van der Waals surface area (Å²) in [4.78, 5) is 4.41. The standard InChI is InChI=1S/C12H13N.C12H22N.C2H6.CH5N/c1-9(2)12-11-6-4-3-5-10(11)7-8-13-12;1-7-9-12(13(6)8-2)11(5)10(3)4;2*1-2/h3-9H,1-2H3;7-10H,1-6H3;1-2H3;2H2,1H3/q;+1;;/b;9-7-,12-11-,13-8?;;. The molecule has 0 aliphatic carbocycles. The number of fused-ring (bicyclic) bond motifs is 1. The zero-order valence-corrected chi connectivity index (χ0v) is 21.3. The first-order chi connectivity index (χ1) is 14.3. The van der Waals surface area contributed by atoms with Crippen molar-refractivity contribution >= 4 is 17.0 Å². The largest absolute Gasteiger partial charge is 0.333 e. The Kier molecular flexibility index (Phi) is 17.5. The topological polar surface area (TPSA) is 41.9 Å². The summed E-state index contributed by atoms with van der Waals surface area (Å²) >= 11 is 0. The van der Waals surface area contributed by atoms with E-state index in [1.54, 1.807) is 0 Å². The summed E-state index contributed by atoms with van der Waals surface area (Å²) in [6.45, 7) is 19.1. The van der Waals surface area contributed by atoms with E-state index in [2.05, 4.69) is 120 Å². The van der Waals surface area contributed by atoms with Crippen molar-refractivity contribution in [3.8, 4) is 0 Å². The quantitative estimate of drug-likeness (QED) is 0.328. The zero-order valence-electron chi connectivity index (χ0n) is 21.3. The monoisotopic (exact) mass is 412 g/mol. The van der Waals surface area contributed by atoms with E-state index < -0.39 is 0 Å². The van der Waals surface area contributed by atoms with E-state index >= 15 is 0 Å². The lowest BCUT2D eigenvalue weighted by Crippen LogP contribution is -2.08. The fraction of sp³-hybridized carbons (Fsp3) is 0.481. The van der Waals surface area contributed by atoms with Crippen molar-refractivity contribution < 1.29 is 4.58 Å². The molecule has 2 rings (SSSR count). The summed E-state index contributed by atoms with van der Waals surface area (Å²) in [5.74, 6) is 1.10. The van der Waals surface area contributed by atoms with Crippen molar-refractivity contribution in [2.45, 2.75) is 68.2 Å². The average molecular weight is 413 g/mol. The summed E-state index contributed by atoms with van der Waals surface area (Å²) in [7, 11) is 3.58. The first kappa shape index (κ1) is 29.9. The van der Waals surface area contributed by atoms with Gasteiger partial charge in [-0.05, 0) is 44.2 Å². The molecule has 1 heterocycles. The lowest BCUT2D eigenvalue weighted by molar-refractivity contribution is -0.434. The number of nitrogens with zero attached hydrogens (tertiary/aromatic N) is 2. The molecule has 0 fully saturated rings. The smallest absolute Gasteiger partial charge is 0.203 e. The summed E-state index contributed by atoms with van der Waals surface area (Å²) in [6.07, 6.45) is 8.22. The number of benzene rings is 1. The van der Waals surface area contributed by atoms with Gasteiger partial charge in [0.15, 0.2) is 0 Å². The lowest BCUT2D eigenvalue weighted by Gasteiger charge is -2.07. The normalized spacial score (nSPS) is 11.9. The predicted molar refractivity (Wildman–Crippen MR) is 138 cm³/mol. The first-order valence-electron chi connectivity index (χ1n) is 11.1. The van der Waals surface area contributed by atoms with Crippen LogP contribution in [-0.4, -0.2) is 29.9 Å². The minimum atomic E-state index is 0.492. The number of allylic oxidation sites excluding steroid dienone is 3. The molecule has 0 saturated carbocycles. The summed E-state index contributed by atoms with van der Waals surface area (Å²) in [5, 5.41) is 2.56. The Morgan fingerprint density at radius 3 is 2.03 bits per heavy atom. The van der Waals surface area contributed by atoms with Gasteiger partial charge >= 0.3 is 0 Å². The molecule has 0 saturated heterocycles. The van der Waals surface area contributed by atoms with Crippen LogP contribution in [0.3, 0.4) is 0 Å². The number of rotatable bonds is 4. The number of hydrogen-bond acceptors (Lipinski definition) is 2. The van der Waals surface area contributed by atoms with Gasteiger partial charge in [0.2, 0.25) is 5.70 Å². The number of pyridine rings is 1. The van der Waals surface area contributed by atoms with Gasteiger partial charge in [0.05, 0.1) is 5.69 Å². The Labute approximate surface area is 186 Å². The molecule has 0 aliphatic heterocycles. The molecule has 30 heavy (non-hydrogen) atoms. The molecule has 0 bridgehead atoms. The maximum absolute atomic E-state index is 4.50. The second-order valence-electron chi connectivity index (χ2n) is 7.16. The van der Waals surface area contributed by atoms with Crippen LogP contribution in [0.1, 0.15) is 73.9 Å². The highest BCUT2D eigenvalue weighted by atomic mass is 15.0. The van der Waals surface area contributed by atoms with Gasteiger partial charge in [0, 0.05) is 30.2 Å². The van der Waals surface area contributed by atoms with Crippen molar-refractivity contribution in [3.05, 3.63) is 65.6 Å². The van der Waals surface area contributed by atoms with Gasteiger partial charge in [-0.25, -0.2) is 4.58 Å². The molecule has 1 aromatic carbocycles. The Hall–Kier alpha value is -2.26. The number of aromatic nitrogens is 1. The lowest BCUT2D eigenvalue weighted by atomic mass is 10.0. The molecule has 3 nitrogen and oxygen atoms in total. The molecule has 0 aliphatic rings. The maximum atomic E-state index is 4.50. The minimum absolute atomic E-state index is 0.492. The van der Waals surface area contributed by atoms with Crippen molar-refractivity contribution in [1.29, 1.82) is 0 Å². The van der Waals surface area contributed by atoms with E-state index in [1.165, 1.54) is 34.8 Å². The van der Waals surface area contributed by atoms with Gasteiger partial charge in [0.1, 0.15) is 13.3 Å². The highest BCUT2D eigenvalue weighted by molar-refractivity contribution is 5.84. The van der Waals surface area contributed by atoms with E-state index in [9.17, 15) is 0 Å². The van der Waals surface area contributed by atoms with Crippen LogP contribution in [0.15, 0.2) is 60.0 Å². The molecule has 1 aromatic heterocycles. The third kappa shape index (κ3) is 9.98. The molecular formula is C27H46N3+. The molecule has 0 amide bonds. The second-order valence-corrected chi connectivity index (χ2v) is 7.16. The van der Waals surface area contributed by atoms with Gasteiger partial charge in [-0.2, -0.15) is 0 Å². The Bertz CT molecular complexity index is 791. The van der Waals surface area contributed by atoms with Crippen LogP contribution in [0, 0.1) is 5.92 Å². The highest BCUT2D eigenvalue weighted by Crippen LogP contribution is 2.22. The summed E-state index contributed by atoms with van der Waals surface area (Å²) in [6, 6.07) is 10.4. The molecule has 0 unspecified atom stereocenters. The molecular weight excluding hydrogens is 366 g/mol. The molecule has 2 N–H and O–H groups in total. The van der Waals surface area contributed by atoms with E-state index in [4.69, 9.17) is 0 Å². The van der Waals surface area contributed by atoms with Crippen LogP contribution in [-0.2, 0) is 0 Å². The maximum Gasteiger partial charge on any atom is 0.203 e. The third-order valence-corrected chi connectivity index (χ3v) is 4.61. The van der Waals surface area contributed by atoms with Crippen LogP contribution in [0.4, 0.5) is 0 Å². The summed E-state index contributed by atoms with van der Waals surface area (Å²) in [5.41, 5.74) is 8.43. The Morgan fingerprint density at radius 1 is 1.00 bits per heavy atom. The van der Waals surface area contributed by atoms with Crippen LogP contribution >= 0.6 is 0 Å². The minimum Gasteiger partial charge on any atom is -0.333 e. The van der Waals surface area contributed by atoms with Gasteiger partial charge in [-0.3, -0.25) is 4.98 Å². The van der Waals surface area contributed by atoms with Crippen LogP contribution in [0.2, 0.25) is 0 Å². The van der Waals surface area contributed by atoms with E-state index in [1.807, 2.05) is 20.0 Å². The predicted octanol–water partition coefficient (Wildman–Crippen LogP) is 7.18. The fourth-order valence-corrected chi connectivity index (χ4v) is 2.72. The zero-order chi connectivity index (χ0) is 23.7. The SMILES string of the molecule is CC.CC(C)c1nccc2ccccc12.CC=[N+](C)C(/C=C\C)=C(/C)C(C)C.CN. The third-order valence-electron chi connectivity index (χ3n) is 4.61. The average Bonchev–Trinajstić information content (AvgIpc) is 2.79. The Morgan fingerprint density at radius 2 is 1.57 bits per heavy atom. The van der Waals surface area contributed by atoms with Crippen LogP contribution < -0.4 is 5.73 Å². The van der Waals surface area contributed by atoms with Gasteiger partial charge in [-0.1, -0.05) is 71.9 Å². The number of nitrogens with two attached hydrogens (primary N) is 1. The van der Waals surface area contributed by atoms with Crippen molar-refractivity contribution in [3.63, 3.8) is 0 Å². The first-order valence-corrected chi connectivity index (χ1v) is 11.1. The van der Waals surface area contributed by atoms with Gasteiger partial charge < -0.3 is 5.73 Å². The Balaban J connectivity index is 0. The fourth-order valence-electron chi connectivity index (χ4n) is 2.72. The van der Waals surface area contributed by atoms with Crippen LogP contribution in [0.5, 0.6) is 0 Å². The van der Waals surface area contributed by atoms with Gasteiger partial charge in [0.25, 0.3) is 0 Å². The number of hydrogen-bond donors (Lipinski definition) is 1. The van der Waals surface area contributed by atoms with Gasteiger partial charge in [-0.15, -0.1) is 0 Å². The molecule has 2 aromatic rings. The number of likely N-dealkylation sites (N-methyl/N-ethyl adjacent to an activating group) is 1. The van der Waals surface area contributed by atoms with Crippen molar-refractivity contribution in [1.82, 2.24) is 4.98 Å².